The third-order valence-corrected chi connectivity index (χ3v) is 8.75. The zero-order valence-corrected chi connectivity index (χ0v) is 17.9. The molecule has 140 valence electrons. The molecule has 1 fully saturated rings. The number of halogens is 2. The lowest BCUT2D eigenvalue weighted by molar-refractivity contribution is 0.428. The summed E-state index contributed by atoms with van der Waals surface area (Å²) in [6.07, 6.45) is 0.777. The van der Waals surface area contributed by atoms with Crippen LogP contribution in [0.4, 0.5) is 0 Å². The van der Waals surface area contributed by atoms with E-state index in [1.165, 1.54) is 17.2 Å². The van der Waals surface area contributed by atoms with Crippen LogP contribution in [-0.2, 0) is 10.0 Å². The van der Waals surface area contributed by atoms with E-state index in [9.17, 15) is 8.42 Å². The number of hydrogen-bond acceptors (Lipinski definition) is 3. The minimum absolute atomic E-state index is 0.139. The number of sulfonamides is 1. The van der Waals surface area contributed by atoms with Gasteiger partial charge >= 0.3 is 0 Å². The molecule has 0 amide bonds. The molecule has 0 aliphatic carbocycles. The normalized spacial score (nSPS) is 19.3. The predicted octanol–water partition coefficient (Wildman–Crippen LogP) is 5.48. The minimum atomic E-state index is -3.64. The van der Waals surface area contributed by atoms with Crippen LogP contribution in [0, 0.1) is 13.8 Å². The summed E-state index contributed by atoms with van der Waals surface area (Å²) in [6, 6.07) is 11.4. The lowest BCUT2D eigenvalue weighted by Crippen LogP contribution is -2.33. The van der Waals surface area contributed by atoms with Gasteiger partial charge in [-0.25, -0.2) is 8.42 Å². The minimum Gasteiger partial charge on any atom is -0.207 e. The fourth-order valence-electron chi connectivity index (χ4n) is 3.15. The fourth-order valence-corrected chi connectivity index (χ4v) is 6.86. The van der Waals surface area contributed by atoms with Crippen LogP contribution in [0.5, 0.6) is 0 Å². The Labute approximate surface area is 169 Å². The van der Waals surface area contributed by atoms with Crippen LogP contribution in [0.25, 0.3) is 0 Å². The Morgan fingerprint density at radius 2 is 1.77 bits per heavy atom. The first-order valence-electron chi connectivity index (χ1n) is 8.43. The molecule has 3 rings (SSSR count). The van der Waals surface area contributed by atoms with E-state index >= 15 is 0 Å². The Hall–Kier alpha value is -0.720. The molecule has 0 spiro atoms. The van der Waals surface area contributed by atoms with Gasteiger partial charge < -0.3 is 0 Å². The summed E-state index contributed by atoms with van der Waals surface area (Å²) in [5, 5.41) is 0.951. The predicted molar refractivity (Wildman–Crippen MR) is 111 cm³/mol. The van der Waals surface area contributed by atoms with E-state index in [-0.39, 0.29) is 9.92 Å². The molecule has 0 saturated carbocycles. The molecular formula is C19H21Cl2NO2S2. The summed E-state index contributed by atoms with van der Waals surface area (Å²) < 4.78 is 27.8. The lowest BCUT2D eigenvalue weighted by Gasteiger charge is -2.21. The molecule has 0 bridgehead atoms. The highest BCUT2D eigenvalue weighted by Gasteiger charge is 2.30. The summed E-state index contributed by atoms with van der Waals surface area (Å²) in [5.41, 5.74) is 3.24. The quantitative estimate of drug-likeness (QED) is 0.647. The van der Waals surface area contributed by atoms with Crippen molar-refractivity contribution in [3.05, 3.63) is 63.1 Å². The van der Waals surface area contributed by atoms with Crippen molar-refractivity contribution >= 4 is 45.0 Å². The summed E-state index contributed by atoms with van der Waals surface area (Å²) in [6.45, 7) is 4.84. The number of hydrogen-bond donors (Lipinski definition) is 0. The maximum absolute atomic E-state index is 13.1. The average Bonchev–Trinajstić information content (AvgIpc) is 2.85. The van der Waals surface area contributed by atoms with Crippen molar-refractivity contribution < 1.29 is 8.42 Å². The molecule has 1 saturated heterocycles. The maximum Gasteiger partial charge on any atom is 0.244 e. The second-order valence-corrected chi connectivity index (χ2v) is 10.5. The van der Waals surface area contributed by atoms with E-state index in [1.807, 2.05) is 23.9 Å². The Balaban J connectivity index is 1.85. The van der Waals surface area contributed by atoms with Gasteiger partial charge in [0.15, 0.2) is 0 Å². The second kappa shape index (κ2) is 8.11. The van der Waals surface area contributed by atoms with Crippen LogP contribution in [0.2, 0.25) is 10.0 Å². The smallest absolute Gasteiger partial charge is 0.207 e. The number of nitrogens with zero attached hydrogens (tertiary/aromatic N) is 1. The molecule has 1 heterocycles. The molecule has 3 nitrogen and oxygen atoms in total. The van der Waals surface area contributed by atoms with Gasteiger partial charge in [-0.05, 0) is 49.1 Å². The van der Waals surface area contributed by atoms with Gasteiger partial charge in [0.05, 0.1) is 5.02 Å². The molecule has 1 aliphatic rings. The molecular weight excluding hydrogens is 409 g/mol. The Kier molecular flexibility index (Phi) is 6.25. The maximum atomic E-state index is 13.1. The zero-order valence-electron chi connectivity index (χ0n) is 14.7. The first-order chi connectivity index (χ1) is 12.3. The number of thioether (sulfide) groups is 1. The molecule has 2 aromatic carbocycles. The third-order valence-electron chi connectivity index (χ3n) is 4.67. The van der Waals surface area contributed by atoms with Crippen molar-refractivity contribution in [1.29, 1.82) is 0 Å². The lowest BCUT2D eigenvalue weighted by atomic mass is 10.0. The van der Waals surface area contributed by atoms with Crippen molar-refractivity contribution in [3.8, 4) is 0 Å². The van der Waals surface area contributed by atoms with E-state index in [2.05, 4.69) is 19.1 Å². The van der Waals surface area contributed by atoms with E-state index < -0.39 is 10.0 Å². The van der Waals surface area contributed by atoms with Gasteiger partial charge in [-0.3, -0.25) is 0 Å². The van der Waals surface area contributed by atoms with Crippen molar-refractivity contribution in [1.82, 2.24) is 4.31 Å². The van der Waals surface area contributed by atoms with Crippen LogP contribution >= 0.6 is 35.0 Å². The molecule has 0 radical (unpaired) electrons. The summed E-state index contributed by atoms with van der Waals surface area (Å²) >= 11 is 14.1. The van der Waals surface area contributed by atoms with Crippen LogP contribution in [0.3, 0.4) is 0 Å². The Morgan fingerprint density at radius 3 is 2.50 bits per heavy atom. The average molecular weight is 430 g/mol. The van der Waals surface area contributed by atoms with Crippen molar-refractivity contribution in [2.75, 3.05) is 18.8 Å². The number of rotatable bonds is 3. The molecule has 1 atom stereocenters. The topological polar surface area (TPSA) is 37.4 Å². The van der Waals surface area contributed by atoms with E-state index in [4.69, 9.17) is 23.2 Å². The first-order valence-corrected chi connectivity index (χ1v) is 11.7. The molecule has 2 aromatic rings. The Bertz CT molecular complexity index is 916. The monoisotopic (exact) mass is 429 g/mol. The van der Waals surface area contributed by atoms with Gasteiger partial charge in [0.25, 0.3) is 0 Å². The highest BCUT2D eigenvalue weighted by atomic mass is 35.5. The van der Waals surface area contributed by atoms with E-state index in [0.717, 1.165) is 12.2 Å². The van der Waals surface area contributed by atoms with Gasteiger partial charge in [-0.1, -0.05) is 47.5 Å². The largest absolute Gasteiger partial charge is 0.244 e. The highest BCUT2D eigenvalue weighted by Crippen LogP contribution is 2.38. The van der Waals surface area contributed by atoms with Crippen LogP contribution in [0.15, 0.2) is 41.3 Å². The third kappa shape index (κ3) is 4.07. The molecule has 1 aliphatic heterocycles. The second-order valence-electron chi connectivity index (χ2n) is 6.44. The van der Waals surface area contributed by atoms with Gasteiger partial charge in [0, 0.05) is 29.1 Å². The van der Waals surface area contributed by atoms with Crippen LogP contribution < -0.4 is 0 Å². The van der Waals surface area contributed by atoms with Crippen molar-refractivity contribution in [2.45, 2.75) is 30.4 Å². The van der Waals surface area contributed by atoms with Gasteiger partial charge in [-0.15, -0.1) is 0 Å². The number of aryl methyl sites for hydroxylation is 2. The van der Waals surface area contributed by atoms with Gasteiger partial charge in [-0.2, -0.15) is 16.1 Å². The SMILES string of the molecule is Cc1cc(S(=O)(=O)N2CCSC(c3ccccc3C)CC2)c(Cl)cc1Cl. The van der Waals surface area contributed by atoms with Gasteiger partial charge in [0.1, 0.15) is 4.90 Å². The van der Waals surface area contributed by atoms with Gasteiger partial charge in [0.2, 0.25) is 10.0 Å². The van der Waals surface area contributed by atoms with Crippen molar-refractivity contribution in [3.63, 3.8) is 0 Å². The standard InChI is InChI=1S/C19H21Cl2NO2S2/c1-13-5-3-4-6-15(13)18-7-8-22(9-10-25-18)26(23,24)19-11-14(2)16(20)12-17(19)21/h3-6,11-12,18H,7-10H2,1-2H3. The summed E-state index contributed by atoms with van der Waals surface area (Å²) in [4.78, 5) is 0.139. The van der Waals surface area contributed by atoms with E-state index in [1.54, 1.807) is 17.3 Å². The molecule has 0 N–H and O–H groups in total. The fraction of sp³-hybridized carbons (Fsp3) is 0.368. The molecule has 0 aromatic heterocycles. The zero-order chi connectivity index (χ0) is 18.9. The highest BCUT2D eigenvalue weighted by molar-refractivity contribution is 7.99. The first kappa shape index (κ1) is 20.0. The molecule has 26 heavy (non-hydrogen) atoms. The van der Waals surface area contributed by atoms with Crippen molar-refractivity contribution in [2.24, 2.45) is 0 Å². The van der Waals surface area contributed by atoms with E-state index in [0.29, 0.717) is 28.9 Å². The van der Waals surface area contributed by atoms with Crippen LogP contribution in [-0.4, -0.2) is 31.6 Å². The summed E-state index contributed by atoms with van der Waals surface area (Å²) in [5.74, 6) is 0.752. The Morgan fingerprint density at radius 1 is 1.04 bits per heavy atom. The number of benzene rings is 2. The molecule has 7 heteroatoms. The summed E-state index contributed by atoms with van der Waals surface area (Å²) in [7, 11) is -3.64. The molecule has 1 unspecified atom stereocenters. The van der Waals surface area contributed by atoms with Crippen LogP contribution in [0.1, 0.15) is 28.4 Å².